The predicted molar refractivity (Wildman–Crippen MR) is 65.0 cm³/mol. The minimum atomic E-state index is -5.71. The van der Waals surface area contributed by atoms with Gasteiger partial charge in [-0.05, 0) is 18.2 Å². The van der Waals surface area contributed by atoms with E-state index in [1.54, 1.807) is 12.1 Å². The largest absolute Gasteiger partial charge is 0.534 e. The van der Waals surface area contributed by atoms with Gasteiger partial charge in [0.05, 0.1) is 0 Å². The summed E-state index contributed by atoms with van der Waals surface area (Å²) in [5, 5.41) is 0.442. The Balaban J connectivity index is 2.57. The van der Waals surface area contributed by atoms with Crippen LogP contribution in [0, 0.1) is 0 Å². The lowest BCUT2D eigenvalue weighted by atomic mass is 10.2. The summed E-state index contributed by atoms with van der Waals surface area (Å²) in [5.41, 5.74) is -5.47. The highest BCUT2D eigenvalue weighted by Crippen LogP contribution is 2.33. The Bertz CT molecular complexity index is 730. The minimum Gasteiger partial charge on any atom is -0.374 e. The summed E-state index contributed by atoms with van der Waals surface area (Å²) < 4.78 is 63.4. The highest BCUT2D eigenvalue weighted by Gasteiger charge is 2.48. The minimum absolute atomic E-state index is 0.0182. The second-order valence-electron chi connectivity index (χ2n) is 3.43. The molecule has 0 aliphatic heterocycles. The standard InChI is InChI=1S/C10H5BrF3NO3S/c11-7-3-4-8(9-6(7)2-1-5-15-9)18-19(16,17)10(12,13)14/h1-5H. The van der Waals surface area contributed by atoms with Gasteiger partial charge in [-0.15, -0.1) is 0 Å². The summed E-state index contributed by atoms with van der Waals surface area (Å²) in [6.45, 7) is 0. The van der Waals surface area contributed by atoms with E-state index in [9.17, 15) is 21.6 Å². The monoisotopic (exact) mass is 355 g/mol. The van der Waals surface area contributed by atoms with Crippen molar-refractivity contribution in [1.29, 1.82) is 0 Å². The lowest BCUT2D eigenvalue weighted by molar-refractivity contribution is -0.0499. The Morgan fingerprint density at radius 1 is 1.21 bits per heavy atom. The maximum Gasteiger partial charge on any atom is 0.534 e. The Morgan fingerprint density at radius 3 is 2.53 bits per heavy atom. The second kappa shape index (κ2) is 4.64. The number of nitrogens with zero attached hydrogens (tertiary/aromatic N) is 1. The third-order valence-corrected chi connectivity index (χ3v) is 3.82. The fourth-order valence-electron chi connectivity index (χ4n) is 1.34. The summed E-state index contributed by atoms with van der Waals surface area (Å²) >= 11 is 3.18. The van der Waals surface area contributed by atoms with E-state index in [2.05, 4.69) is 25.1 Å². The molecule has 0 bridgehead atoms. The molecule has 1 aromatic heterocycles. The van der Waals surface area contributed by atoms with Crippen molar-refractivity contribution < 1.29 is 25.8 Å². The van der Waals surface area contributed by atoms with E-state index < -0.39 is 21.4 Å². The molecule has 0 amide bonds. The molecule has 102 valence electrons. The fraction of sp³-hybridized carbons (Fsp3) is 0.100. The molecule has 0 fully saturated rings. The van der Waals surface area contributed by atoms with Crippen LogP contribution in [0.2, 0.25) is 0 Å². The molecule has 2 aromatic rings. The lowest BCUT2D eigenvalue weighted by Crippen LogP contribution is -2.28. The maximum atomic E-state index is 12.3. The predicted octanol–water partition coefficient (Wildman–Crippen LogP) is 3.23. The van der Waals surface area contributed by atoms with Crippen molar-refractivity contribution in [2.75, 3.05) is 0 Å². The van der Waals surface area contributed by atoms with Gasteiger partial charge in [0.1, 0.15) is 5.52 Å². The van der Waals surface area contributed by atoms with Crippen molar-refractivity contribution in [3.05, 3.63) is 34.9 Å². The van der Waals surface area contributed by atoms with Gasteiger partial charge in [0, 0.05) is 16.1 Å². The Hall–Kier alpha value is -1.35. The number of hydrogen-bond acceptors (Lipinski definition) is 4. The number of fused-ring (bicyclic) bond motifs is 1. The van der Waals surface area contributed by atoms with Crippen LogP contribution in [0.25, 0.3) is 10.9 Å². The van der Waals surface area contributed by atoms with Crippen LogP contribution in [0.4, 0.5) is 13.2 Å². The molecular formula is C10H5BrF3NO3S. The Morgan fingerprint density at radius 2 is 1.89 bits per heavy atom. The number of aromatic nitrogens is 1. The smallest absolute Gasteiger partial charge is 0.374 e. The molecule has 0 spiro atoms. The van der Waals surface area contributed by atoms with Crippen LogP contribution in [0.5, 0.6) is 5.75 Å². The van der Waals surface area contributed by atoms with E-state index >= 15 is 0 Å². The van der Waals surface area contributed by atoms with Crippen molar-refractivity contribution in [2.24, 2.45) is 0 Å². The number of alkyl halides is 3. The van der Waals surface area contributed by atoms with Gasteiger partial charge in [-0.3, -0.25) is 4.98 Å². The van der Waals surface area contributed by atoms with Crippen LogP contribution in [-0.4, -0.2) is 18.9 Å². The molecule has 0 atom stereocenters. The first-order valence-electron chi connectivity index (χ1n) is 4.76. The quantitative estimate of drug-likeness (QED) is 0.613. The van der Waals surface area contributed by atoms with Crippen LogP contribution >= 0.6 is 15.9 Å². The van der Waals surface area contributed by atoms with Crippen molar-refractivity contribution in [3.63, 3.8) is 0 Å². The number of halogens is 4. The summed E-state index contributed by atoms with van der Waals surface area (Å²) in [6, 6.07) is 5.61. The molecule has 2 rings (SSSR count). The normalized spacial score (nSPS) is 12.6. The first-order chi connectivity index (χ1) is 8.72. The van der Waals surface area contributed by atoms with Crippen LogP contribution in [0.1, 0.15) is 0 Å². The fourth-order valence-corrected chi connectivity index (χ4v) is 2.26. The van der Waals surface area contributed by atoms with Gasteiger partial charge in [0.25, 0.3) is 0 Å². The summed E-state index contributed by atoms with van der Waals surface area (Å²) in [6.07, 6.45) is 1.32. The summed E-state index contributed by atoms with van der Waals surface area (Å²) in [4.78, 5) is 3.82. The molecule has 0 radical (unpaired) electrons. The average molecular weight is 356 g/mol. The van der Waals surface area contributed by atoms with E-state index in [4.69, 9.17) is 0 Å². The molecule has 9 heteroatoms. The van der Waals surface area contributed by atoms with Gasteiger partial charge in [0.15, 0.2) is 5.75 Å². The summed E-state index contributed by atoms with van der Waals surface area (Å²) in [7, 11) is -5.71. The lowest BCUT2D eigenvalue weighted by Gasteiger charge is -2.11. The van der Waals surface area contributed by atoms with Crippen LogP contribution < -0.4 is 4.18 Å². The molecule has 0 unspecified atom stereocenters. The van der Waals surface area contributed by atoms with E-state index in [1.807, 2.05) is 0 Å². The van der Waals surface area contributed by atoms with Crippen LogP contribution in [-0.2, 0) is 10.1 Å². The molecule has 0 N–H and O–H groups in total. The molecule has 4 nitrogen and oxygen atoms in total. The molecule has 0 aliphatic carbocycles. The van der Waals surface area contributed by atoms with Crippen LogP contribution in [0.3, 0.4) is 0 Å². The SMILES string of the molecule is O=S(=O)(Oc1ccc(Br)c2cccnc12)C(F)(F)F. The molecule has 19 heavy (non-hydrogen) atoms. The number of pyridine rings is 1. The van der Waals surface area contributed by atoms with Crippen LogP contribution in [0.15, 0.2) is 34.9 Å². The zero-order valence-electron chi connectivity index (χ0n) is 8.98. The van der Waals surface area contributed by atoms with Gasteiger partial charge >= 0.3 is 15.6 Å². The van der Waals surface area contributed by atoms with E-state index in [-0.39, 0.29) is 5.52 Å². The highest BCUT2D eigenvalue weighted by atomic mass is 79.9. The van der Waals surface area contributed by atoms with Crippen molar-refractivity contribution >= 4 is 37.0 Å². The van der Waals surface area contributed by atoms with Crippen molar-refractivity contribution in [2.45, 2.75) is 5.51 Å². The molecule has 1 heterocycles. The summed E-state index contributed by atoms with van der Waals surface area (Å²) in [5.74, 6) is -0.476. The molecule has 0 saturated heterocycles. The Labute approximate surface area is 114 Å². The molecule has 0 aliphatic rings. The van der Waals surface area contributed by atoms with Crippen molar-refractivity contribution in [1.82, 2.24) is 4.98 Å². The van der Waals surface area contributed by atoms with Gasteiger partial charge in [-0.2, -0.15) is 21.6 Å². The average Bonchev–Trinajstić information content (AvgIpc) is 2.32. The number of rotatable bonds is 2. The molecular weight excluding hydrogens is 351 g/mol. The molecule has 1 aromatic carbocycles. The van der Waals surface area contributed by atoms with E-state index in [0.717, 1.165) is 6.07 Å². The zero-order valence-corrected chi connectivity index (χ0v) is 11.4. The van der Waals surface area contributed by atoms with Gasteiger partial charge < -0.3 is 4.18 Å². The third kappa shape index (κ3) is 2.66. The number of benzene rings is 1. The highest BCUT2D eigenvalue weighted by molar-refractivity contribution is 9.10. The third-order valence-electron chi connectivity index (χ3n) is 2.16. The van der Waals surface area contributed by atoms with Gasteiger partial charge in [-0.1, -0.05) is 22.0 Å². The number of hydrogen-bond donors (Lipinski definition) is 0. The first kappa shape index (κ1) is 14.1. The van der Waals surface area contributed by atoms with Gasteiger partial charge in [-0.25, -0.2) is 0 Å². The maximum absolute atomic E-state index is 12.3. The van der Waals surface area contributed by atoms with E-state index in [0.29, 0.717) is 9.86 Å². The Kier molecular flexibility index (Phi) is 3.43. The second-order valence-corrected chi connectivity index (χ2v) is 5.82. The zero-order chi connectivity index (χ0) is 14.3. The molecule has 0 saturated carbocycles. The van der Waals surface area contributed by atoms with E-state index in [1.165, 1.54) is 12.3 Å². The topological polar surface area (TPSA) is 56.3 Å². The van der Waals surface area contributed by atoms with Gasteiger partial charge in [0.2, 0.25) is 0 Å². The first-order valence-corrected chi connectivity index (χ1v) is 6.96. The van der Waals surface area contributed by atoms with Crippen molar-refractivity contribution in [3.8, 4) is 5.75 Å².